The number of rotatable bonds is 8. The quantitative estimate of drug-likeness (QED) is 0.707. The largest absolute Gasteiger partial charge is 0.379 e. The van der Waals surface area contributed by atoms with E-state index < -0.39 is 15.8 Å². The number of hydrogen-bond acceptors (Lipinski definition) is 5. The van der Waals surface area contributed by atoms with E-state index in [4.69, 9.17) is 4.74 Å². The first kappa shape index (κ1) is 20.8. The summed E-state index contributed by atoms with van der Waals surface area (Å²) in [6.07, 6.45) is 0. The second kappa shape index (κ2) is 9.40. The van der Waals surface area contributed by atoms with Crippen LogP contribution in [0.1, 0.15) is 12.5 Å². The van der Waals surface area contributed by atoms with Crippen molar-refractivity contribution in [1.82, 2.24) is 14.5 Å². The molecule has 1 aliphatic heterocycles. The molecular weight excluding hydrogens is 361 g/mol. The molecule has 1 fully saturated rings. The van der Waals surface area contributed by atoms with Crippen LogP contribution in [0, 0.1) is 12.7 Å². The average molecular weight is 387 g/mol. The molecule has 0 unspecified atom stereocenters. The van der Waals surface area contributed by atoms with Gasteiger partial charge in [0, 0.05) is 46.2 Å². The lowest BCUT2D eigenvalue weighted by atomic mass is 10.2. The summed E-state index contributed by atoms with van der Waals surface area (Å²) >= 11 is 0. The standard InChI is InChI=1S/C17H26FN3O4S/c1-14-13-16(18)3-4-17(14)26(23,24)19-5-6-21(15(2)22)8-7-20-9-11-25-12-10-20/h3-4,13,19H,5-12H2,1-2H3. The Bertz CT molecular complexity index is 721. The van der Waals surface area contributed by atoms with E-state index in [1.807, 2.05) is 0 Å². The molecular formula is C17H26FN3O4S. The predicted molar refractivity (Wildman–Crippen MR) is 95.8 cm³/mol. The van der Waals surface area contributed by atoms with E-state index in [0.29, 0.717) is 25.3 Å². The lowest BCUT2D eigenvalue weighted by Crippen LogP contribution is -2.44. The van der Waals surface area contributed by atoms with Crippen molar-refractivity contribution in [2.75, 3.05) is 52.5 Å². The SMILES string of the molecule is CC(=O)N(CCNS(=O)(=O)c1ccc(F)cc1C)CCN1CCOCC1. The third-order valence-corrected chi connectivity index (χ3v) is 5.96. The Morgan fingerprint density at radius 2 is 2.00 bits per heavy atom. The van der Waals surface area contributed by atoms with Crippen molar-refractivity contribution in [3.8, 4) is 0 Å². The summed E-state index contributed by atoms with van der Waals surface area (Å²) in [5, 5.41) is 0. The Morgan fingerprint density at radius 1 is 1.31 bits per heavy atom. The zero-order valence-electron chi connectivity index (χ0n) is 15.2. The van der Waals surface area contributed by atoms with Crippen LogP contribution < -0.4 is 4.72 Å². The van der Waals surface area contributed by atoms with Crippen molar-refractivity contribution in [3.63, 3.8) is 0 Å². The van der Waals surface area contributed by atoms with Gasteiger partial charge in [-0.25, -0.2) is 17.5 Å². The minimum absolute atomic E-state index is 0.0431. The van der Waals surface area contributed by atoms with E-state index in [0.717, 1.165) is 25.7 Å². The van der Waals surface area contributed by atoms with E-state index in [1.165, 1.54) is 19.1 Å². The molecule has 0 saturated carbocycles. The summed E-state index contributed by atoms with van der Waals surface area (Å²) in [5.74, 6) is -0.581. The Kier molecular flexibility index (Phi) is 7.51. The molecule has 1 aliphatic rings. The highest BCUT2D eigenvalue weighted by Crippen LogP contribution is 2.15. The number of benzene rings is 1. The third kappa shape index (κ3) is 6.01. The van der Waals surface area contributed by atoms with Crippen molar-refractivity contribution in [2.24, 2.45) is 0 Å². The van der Waals surface area contributed by atoms with E-state index >= 15 is 0 Å². The van der Waals surface area contributed by atoms with Crippen molar-refractivity contribution < 1.29 is 22.3 Å². The Hall–Kier alpha value is -1.55. The smallest absolute Gasteiger partial charge is 0.240 e. The minimum atomic E-state index is -3.75. The van der Waals surface area contributed by atoms with Gasteiger partial charge in [0.15, 0.2) is 0 Å². The van der Waals surface area contributed by atoms with Gasteiger partial charge in [0.2, 0.25) is 15.9 Å². The Labute approximate surface area is 154 Å². The monoisotopic (exact) mass is 387 g/mol. The van der Waals surface area contributed by atoms with Gasteiger partial charge in [-0.1, -0.05) is 0 Å². The van der Waals surface area contributed by atoms with Gasteiger partial charge in [0.05, 0.1) is 18.1 Å². The topological polar surface area (TPSA) is 79.0 Å². The molecule has 1 saturated heterocycles. The van der Waals surface area contributed by atoms with Gasteiger partial charge in [-0.05, 0) is 30.7 Å². The lowest BCUT2D eigenvalue weighted by molar-refractivity contribution is -0.129. The zero-order chi connectivity index (χ0) is 19.2. The normalized spacial score (nSPS) is 15.8. The number of halogens is 1. The van der Waals surface area contributed by atoms with Crippen molar-refractivity contribution in [2.45, 2.75) is 18.7 Å². The maximum Gasteiger partial charge on any atom is 0.240 e. The summed E-state index contributed by atoms with van der Waals surface area (Å²) in [4.78, 5) is 15.7. The molecule has 146 valence electrons. The molecule has 0 atom stereocenters. The van der Waals surface area contributed by atoms with Crippen LogP contribution in [0.5, 0.6) is 0 Å². The fourth-order valence-corrected chi connectivity index (χ4v) is 4.07. The van der Waals surface area contributed by atoms with Gasteiger partial charge in [-0.3, -0.25) is 9.69 Å². The number of aryl methyl sites for hydroxylation is 1. The maximum atomic E-state index is 13.1. The zero-order valence-corrected chi connectivity index (χ0v) is 16.0. The number of nitrogens with zero attached hydrogens (tertiary/aromatic N) is 2. The second-order valence-corrected chi connectivity index (χ2v) is 8.00. The van der Waals surface area contributed by atoms with Crippen LogP contribution in [0.3, 0.4) is 0 Å². The summed E-state index contributed by atoms with van der Waals surface area (Å²) in [6.45, 7) is 7.71. The number of hydrogen-bond donors (Lipinski definition) is 1. The Balaban J connectivity index is 1.87. The van der Waals surface area contributed by atoms with Gasteiger partial charge in [0.25, 0.3) is 0 Å². The summed E-state index contributed by atoms with van der Waals surface area (Å²) in [5.41, 5.74) is 0.341. The molecule has 1 aromatic carbocycles. The van der Waals surface area contributed by atoms with Crippen LogP contribution in [0.4, 0.5) is 4.39 Å². The van der Waals surface area contributed by atoms with Gasteiger partial charge < -0.3 is 9.64 Å². The number of nitrogens with one attached hydrogen (secondary N) is 1. The lowest BCUT2D eigenvalue weighted by Gasteiger charge is -2.29. The number of carbonyl (C=O) groups excluding carboxylic acids is 1. The average Bonchev–Trinajstić information content (AvgIpc) is 2.58. The number of morpholine rings is 1. The highest BCUT2D eigenvalue weighted by Gasteiger charge is 2.18. The molecule has 1 heterocycles. The van der Waals surface area contributed by atoms with Gasteiger partial charge in [0.1, 0.15) is 5.82 Å². The molecule has 0 bridgehead atoms. The van der Waals surface area contributed by atoms with E-state index in [-0.39, 0.29) is 23.9 Å². The Morgan fingerprint density at radius 3 is 2.62 bits per heavy atom. The number of carbonyl (C=O) groups is 1. The first-order chi connectivity index (χ1) is 12.3. The first-order valence-corrected chi connectivity index (χ1v) is 10.1. The first-order valence-electron chi connectivity index (χ1n) is 8.61. The van der Waals surface area contributed by atoms with Crippen LogP contribution in [-0.2, 0) is 19.6 Å². The minimum Gasteiger partial charge on any atom is -0.379 e. The molecule has 1 amide bonds. The molecule has 1 N–H and O–H groups in total. The van der Waals surface area contributed by atoms with Crippen LogP contribution in [0.25, 0.3) is 0 Å². The number of sulfonamides is 1. The van der Waals surface area contributed by atoms with Crippen molar-refractivity contribution in [3.05, 3.63) is 29.6 Å². The molecule has 1 aromatic rings. The molecule has 0 aromatic heterocycles. The van der Waals surface area contributed by atoms with Crippen LogP contribution in [0.2, 0.25) is 0 Å². The van der Waals surface area contributed by atoms with Crippen LogP contribution >= 0.6 is 0 Å². The summed E-state index contributed by atoms with van der Waals surface area (Å²) in [7, 11) is -3.75. The highest BCUT2D eigenvalue weighted by molar-refractivity contribution is 7.89. The molecule has 7 nitrogen and oxygen atoms in total. The maximum absolute atomic E-state index is 13.1. The number of amides is 1. The van der Waals surface area contributed by atoms with E-state index in [2.05, 4.69) is 9.62 Å². The van der Waals surface area contributed by atoms with Crippen molar-refractivity contribution >= 4 is 15.9 Å². The molecule has 0 radical (unpaired) electrons. The summed E-state index contributed by atoms with van der Waals surface area (Å²) < 4.78 is 45.6. The van der Waals surface area contributed by atoms with E-state index in [1.54, 1.807) is 11.8 Å². The molecule has 26 heavy (non-hydrogen) atoms. The van der Waals surface area contributed by atoms with Gasteiger partial charge in [-0.15, -0.1) is 0 Å². The highest BCUT2D eigenvalue weighted by atomic mass is 32.2. The van der Waals surface area contributed by atoms with Crippen molar-refractivity contribution in [1.29, 1.82) is 0 Å². The number of ether oxygens (including phenoxy) is 1. The molecule has 9 heteroatoms. The molecule has 0 spiro atoms. The summed E-state index contributed by atoms with van der Waals surface area (Å²) in [6, 6.07) is 3.54. The molecule has 0 aliphatic carbocycles. The van der Waals surface area contributed by atoms with E-state index in [9.17, 15) is 17.6 Å². The second-order valence-electron chi connectivity index (χ2n) is 6.27. The fraction of sp³-hybridized carbons (Fsp3) is 0.588. The predicted octanol–water partition coefficient (Wildman–Crippen LogP) is 0.593. The van der Waals surface area contributed by atoms with Crippen LogP contribution in [-0.4, -0.2) is 76.6 Å². The van der Waals surface area contributed by atoms with Gasteiger partial charge >= 0.3 is 0 Å². The van der Waals surface area contributed by atoms with Crippen LogP contribution in [0.15, 0.2) is 23.1 Å². The third-order valence-electron chi connectivity index (χ3n) is 4.34. The fourth-order valence-electron chi connectivity index (χ4n) is 2.82. The van der Waals surface area contributed by atoms with Gasteiger partial charge in [-0.2, -0.15) is 0 Å². The molecule has 2 rings (SSSR count).